The maximum Gasteiger partial charge on any atom is 0.108 e. The quantitative estimate of drug-likeness (QED) is 0.738. The molecule has 0 saturated carbocycles. The summed E-state index contributed by atoms with van der Waals surface area (Å²) in [7, 11) is 0. The van der Waals surface area contributed by atoms with E-state index >= 15 is 0 Å². The van der Waals surface area contributed by atoms with Gasteiger partial charge in [0.05, 0.1) is 6.10 Å². The van der Waals surface area contributed by atoms with Gasteiger partial charge in [0.1, 0.15) is 6.61 Å². The van der Waals surface area contributed by atoms with Gasteiger partial charge in [0.25, 0.3) is 0 Å². The van der Waals surface area contributed by atoms with Gasteiger partial charge in [-0.15, -0.1) is 0 Å². The minimum Gasteiger partial charge on any atom is -0.376 e. The molecule has 0 amide bonds. The van der Waals surface area contributed by atoms with E-state index in [1.54, 1.807) is 0 Å². The molecule has 1 radical (unpaired) electrons. The molecule has 2 saturated heterocycles. The molecule has 2 aliphatic rings. The van der Waals surface area contributed by atoms with Crippen molar-refractivity contribution in [3.8, 4) is 0 Å². The average Bonchev–Trinajstić information content (AvgIpc) is 2.48. The molecule has 2 N–H and O–H groups in total. The minimum atomic E-state index is -0.0839. The maximum atomic E-state index is 11.2. The van der Waals surface area contributed by atoms with Crippen molar-refractivity contribution < 1.29 is 9.84 Å². The van der Waals surface area contributed by atoms with E-state index in [0.717, 1.165) is 51.5 Å². The normalized spacial score (nSPS) is 30.2. The molecular weight excluding hydrogens is 240 g/mol. The topological polar surface area (TPSA) is 53.2 Å². The van der Waals surface area contributed by atoms with Crippen LogP contribution in [0.15, 0.2) is 0 Å². The van der Waals surface area contributed by atoms with Crippen LogP contribution in [0.25, 0.3) is 0 Å². The van der Waals surface area contributed by atoms with Crippen LogP contribution in [0.2, 0.25) is 0 Å². The van der Waals surface area contributed by atoms with Gasteiger partial charge in [-0.2, -0.15) is 0 Å². The van der Waals surface area contributed by atoms with Crippen LogP contribution in [0, 0.1) is 11.8 Å². The van der Waals surface area contributed by atoms with Crippen LogP contribution in [-0.2, 0) is 9.84 Å². The molecule has 2 rings (SSSR count). The molecule has 0 aromatic carbocycles. The van der Waals surface area contributed by atoms with E-state index in [2.05, 4.69) is 10.6 Å². The van der Waals surface area contributed by atoms with E-state index in [-0.39, 0.29) is 12.7 Å². The molecule has 2 aliphatic heterocycles. The summed E-state index contributed by atoms with van der Waals surface area (Å²) < 4.78 is 5.83. The van der Waals surface area contributed by atoms with Crippen LogP contribution in [0.4, 0.5) is 0 Å². The number of hydrogen-bond donors (Lipinski definition) is 2. The lowest BCUT2D eigenvalue weighted by molar-refractivity contribution is -0.0277. The minimum absolute atomic E-state index is 0.0681. The van der Waals surface area contributed by atoms with Crippen LogP contribution in [0.5, 0.6) is 0 Å². The average molecular weight is 269 g/mol. The van der Waals surface area contributed by atoms with Crippen molar-refractivity contribution in [1.82, 2.24) is 10.6 Å². The third-order valence-electron chi connectivity index (χ3n) is 4.46. The zero-order chi connectivity index (χ0) is 13.3. The SMILES string of the molecule is [O]CC(CC1CCCNC1)OCCC1CCCNC1. The highest BCUT2D eigenvalue weighted by molar-refractivity contribution is 4.73. The van der Waals surface area contributed by atoms with Gasteiger partial charge in [-0.05, 0) is 76.5 Å². The Morgan fingerprint density at radius 3 is 2.32 bits per heavy atom. The number of hydrogen-bond acceptors (Lipinski definition) is 3. The zero-order valence-corrected chi connectivity index (χ0v) is 12.0. The molecule has 3 unspecified atom stereocenters. The Morgan fingerprint density at radius 1 is 1.05 bits per heavy atom. The summed E-state index contributed by atoms with van der Waals surface area (Å²) >= 11 is 0. The summed E-state index contributed by atoms with van der Waals surface area (Å²) in [6.07, 6.45) is 7.06. The van der Waals surface area contributed by atoms with Crippen molar-refractivity contribution in [2.45, 2.75) is 44.6 Å². The van der Waals surface area contributed by atoms with Gasteiger partial charge in [0, 0.05) is 6.61 Å². The molecule has 19 heavy (non-hydrogen) atoms. The summed E-state index contributed by atoms with van der Waals surface area (Å²) in [5.74, 6) is 1.39. The van der Waals surface area contributed by atoms with E-state index < -0.39 is 0 Å². The lowest BCUT2D eigenvalue weighted by Gasteiger charge is -2.27. The highest BCUT2D eigenvalue weighted by atomic mass is 16.5. The fraction of sp³-hybridized carbons (Fsp3) is 1.00. The van der Waals surface area contributed by atoms with E-state index in [1.165, 1.54) is 25.7 Å². The van der Waals surface area contributed by atoms with Gasteiger partial charge in [-0.1, -0.05) is 0 Å². The zero-order valence-electron chi connectivity index (χ0n) is 12.0. The van der Waals surface area contributed by atoms with Crippen LogP contribution in [0.1, 0.15) is 38.5 Å². The van der Waals surface area contributed by atoms with Crippen molar-refractivity contribution >= 4 is 0 Å². The van der Waals surface area contributed by atoms with Gasteiger partial charge in [-0.3, -0.25) is 0 Å². The Labute approximate surface area is 117 Å². The van der Waals surface area contributed by atoms with Gasteiger partial charge in [0.15, 0.2) is 0 Å². The molecular formula is C15H29N2O2. The van der Waals surface area contributed by atoms with Gasteiger partial charge >= 0.3 is 0 Å². The first kappa shape index (κ1) is 15.2. The van der Waals surface area contributed by atoms with Crippen LogP contribution < -0.4 is 10.6 Å². The first-order valence-corrected chi connectivity index (χ1v) is 7.99. The molecule has 2 fully saturated rings. The fourth-order valence-corrected chi connectivity index (χ4v) is 3.25. The van der Waals surface area contributed by atoms with E-state index in [1.807, 2.05) is 0 Å². The first-order chi connectivity index (χ1) is 9.38. The Balaban J connectivity index is 1.58. The second-order valence-electron chi connectivity index (χ2n) is 6.11. The van der Waals surface area contributed by atoms with Gasteiger partial charge in [-0.25, -0.2) is 5.11 Å². The van der Waals surface area contributed by atoms with E-state index in [4.69, 9.17) is 4.74 Å². The van der Waals surface area contributed by atoms with Gasteiger partial charge < -0.3 is 15.4 Å². The Kier molecular flexibility index (Phi) is 7.14. The maximum absolute atomic E-state index is 11.2. The van der Waals surface area contributed by atoms with Crippen molar-refractivity contribution in [3.05, 3.63) is 0 Å². The standard InChI is InChI=1S/C15H29N2O2/c18-12-15(9-14-4-2-7-17-11-14)19-8-5-13-3-1-6-16-10-13/h13-17H,1-12H2. The van der Waals surface area contributed by atoms with Crippen molar-refractivity contribution in [1.29, 1.82) is 0 Å². The molecule has 0 bridgehead atoms. The summed E-state index contributed by atoms with van der Waals surface area (Å²) in [5.41, 5.74) is 0. The Hall–Kier alpha value is -0.160. The van der Waals surface area contributed by atoms with Crippen molar-refractivity contribution in [2.75, 3.05) is 39.4 Å². The molecule has 4 nitrogen and oxygen atoms in total. The summed E-state index contributed by atoms with van der Waals surface area (Å²) in [4.78, 5) is 0. The molecule has 4 heteroatoms. The Bertz CT molecular complexity index is 226. The summed E-state index contributed by atoms with van der Waals surface area (Å²) in [5, 5.41) is 18.1. The highest BCUT2D eigenvalue weighted by Gasteiger charge is 2.20. The molecule has 111 valence electrons. The second-order valence-corrected chi connectivity index (χ2v) is 6.11. The number of ether oxygens (including phenoxy) is 1. The molecule has 3 atom stereocenters. The smallest absolute Gasteiger partial charge is 0.108 e. The summed E-state index contributed by atoms with van der Waals surface area (Å²) in [6.45, 7) is 5.16. The van der Waals surface area contributed by atoms with Crippen LogP contribution >= 0.6 is 0 Å². The molecule has 0 aromatic rings. The molecule has 0 aromatic heterocycles. The van der Waals surface area contributed by atoms with E-state index in [0.29, 0.717) is 5.92 Å². The predicted octanol–water partition coefficient (Wildman–Crippen LogP) is 1.58. The second kappa shape index (κ2) is 8.90. The van der Waals surface area contributed by atoms with Crippen molar-refractivity contribution in [2.24, 2.45) is 11.8 Å². The van der Waals surface area contributed by atoms with Gasteiger partial charge in [0.2, 0.25) is 0 Å². The molecule has 0 aliphatic carbocycles. The summed E-state index contributed by atoms with van der Waals surface area (Å²) in [6, 6.07) is 0. The highest BCUT2D eigenvalue weighted by Crippen LogP contribution is 2.19. The first-order valence-electron chi connectivity index (χ1n) is 7.99. The number of nitrogens with one attached hydrogen (secondary N) is 2. The number of piperidine rings is 2. The van der Waals surface area contributed by atoms with Crippen LogP contribution in [-0.4, -0.2) is 45.5 Å². The van der Waals surface area contributed by atoms with E-state index in [9.17, 15) is 5.11 Å². The third kappa shape index (κ3) is 5.78. The van der Waals surface area contributed by atoms with Crippen molar-refractivity contribution in [3.63, 3.8) is 0 Å². The fourth-order valence-electron chi connectivity index (χ4n) is 3.25. The lowest BCUT2D eigenvalue weighted by atomic mass is 9.93. The third-order valence-corrected chi connectivity index (χ3v) is 4.46. The largest absolute Gasteiger partial charge is 0.376 e. The molecule has 2 heterocycles. The monoisotopic (exact) mass is 269 g/mol. The van der Waals surface area contributed by atoms with Crippen LogP contribution in [0.3, 0.4) is 0 Å². The molecule has 0 spiro atoms. The lowest BCUT2D eigenvalue weighted by Crippen LogP contribution is -2.34. The number of rotatable bonds is 7. The predicted molar refractivity (Wildman–Crippen MR) is 75.7 cm³/mol. The Morgan fingerprint density at radius 2 is 1.74 bits per heavy atom.